The van der Waals surface area contributed by atoms with Gasteiger partial charge < -0.3 is 9.42 Å². The summed E-state index contributed by atoms with van der Waals surface area (Å²) in [4.78, 5) is 10.7. The molecule has 1 fully saturated rings. The van der Waals surface area contributed by atoms with Crippen molar-refractivity contribution in [2.45, 2.75) is 19.1 Å². The second-order valence-electron chi connectivity index (χ2n) is 6.06. The fourth-order valence-electron chi connectivity index (χ4n) is 3.04. The number of hydrogen-bond donors (Lipinski definition) is 0. The van der Waals surface area contributed by atoms with E-state index in [1.807, 2.05) is 13.0 Å². The zero-order chi connectivity index (χ0) is 18.1. The van der Waals surface area contributed by atoms with Gasteiger partial charge in [0.15, 0.2) is 0 Å². The van der Waals surface area contributed by atoms with Gasteiger partial charge in [-0.1, -0.05) is 12.1 Å². The molecule has 1 aliphatic heterocycles. The van der Waals surface area contributed by atoms with Gasteiger partial charge in [0.1, 0.15) is 24.2 Å². The van der Waals surface area contributed by atoms with E-state index in [9.17, 15) is 8.42 Å². The number of hydrogen-bond acceptors (Lipinski definition) is 8. The van der Waals surface area contributed by atoms with Crippen molar-refractivity contribution in [1.29, 1.82) is 0 Å². The lowest BCUT2D eigenvalue weighted by molar-refractivity contribution is 0.380. The Kier molecular flexibility index (Phi) is 4.32. The second-order valence-corrected chi connectivity index (χ2v) is 8.03. The third-order valence-electron chi connectivity index (χ3n) is 4.43. The molecule has 4 rings (SSSR count). The minimum atomic E-state index is -3.42. The van der Waals surface area contributed by atoms with Gasteiger partial charge in [-0.15, -0.1) is 0 Å². The zero-order valence-electron chi connectivity index (χ0n) is 14.3. The second kappa shape index (κ2) is 6.65. The first kappa shape index (κ1) is 16.9. The third kappa shape index (κ3) is 3.15. The van der Waals surface area contributed by atoms with Crippen molar-refractivity contribution in [2.24, 2.45) is 0 Å². The summed E-state index contributed by atoms with van der Waals surface area (Å²) < 4.78 is 33.0. The predicted molar refractivity (Wildman–Crippen MR) is 93.1 cm³/mol. The first-order valence-electron chi connectivity index (χ1n) is 8.38. The predicted octanol–water partition coefficient (Wildman–Crippen LogP) is 0.327. The fraction of sp³-hybridized carbons (Fsp3) is 0.467. The Balaban J connectivity index is 1.51. The van der Waals surface area contributed by atoms with E-state index in [4.69, 9.17) is 4.52 Å². The first-order chi connectivity index (χ1) is 12.6. The average molecular weight is 377 g/mol. The Labute approximate surface area is 150 Å². The van der Waals surface area contributed by atoms with E-state index in [1.165, 1.54) is 16.9 Å². The summed E-state index contributed by atoms with van der Waals surface area (Å²) in [5.41, 5.74) is 1.35. The van der Waals surface area contributed by atoms with Gasteiger partial charge in [-0.25, -0.2) is 13.4 Å². The van der Waals surface area contributed by atoms with Gasteiger partial charge in [0.2, 0.25) is 10.0 Å². The molecule has 3 aromatic heterocycles. The molecule has 11 heteroatoms. The number of piperazine rings is 1. The molecule has 0 unspecified atom stereocenters. The Hall–Kier alpha value is -2.53. The highest BCUT2D eigenvalue weighted by atomic mass is 32.2. The summed E-state index contributed by atoms with van der Waals surface area (Å²) in [6, 6.07) is 3.56. The Bertz CT molecular complexity index is 992. The Morgan fingerprint density at radius 3 is 2.69 bits per heavy atom. The van der Waals surface area contributed by atoms with E-state index in [1.54, 1.807) is 10.6 Å². The van der Waals surface area contributed by atoms with Gasteiger partial charge in [-0.2, -0.15) is 18.9 Å². The molecule has 138 valence electrons. The first-order valence-corrected chi connectivity index (χ1v) is 9.99. The highest BCUT2D eigenvalue weighted by Gasteiger charge is 2.29. The summed E-state index contributed by atoms with van der Waals surface area (Å²) in [7, 11) is -3.42. The van der Waals surface area contributed by atoms with Gasteiger partial charge in [0, 0.05) is 44.0 Å². The van der Waals surface area contributed by atoms with Crippen LogP contribution < -0.4 is 4.90 Å². The Morgan fingerprint density at radius 1 is 1.19 bits per heavy atom. The number of fused-ring (bicyclic) bond motifs is 1. The lowest BCUT2D eigenvalue weighted by Gasteiger charge is -2.35. The van der Waals surface area contributed by atoms with Crippen LogP contribution in [0.3, 0.4) is 0 Å². The van der Waals surface area contributed by atoms with E-state index in [0.29, 0.717) is 37.7 Å². The van der Waals surface area contributed by atoms with Crippen molar-refractivity contribution in [1.82, 2.24) is 29.0 Å². The van der Waals surface area contributed by atoms with Gasteiger partial charge in [0.25, 0.3) is 5.78 Å². The fourth-order valence-corrected chi connectivity index (χ4v) is 4.46. The van der Waals surface area contributed by atoms with Crippen LogP contribution in [0.4, 0.5) is 5.82 Å². The van der Waals surface area contributed by atoms with Gasteiger partial charge in [-0.05, 0) is 6.42 Å². The van der Waals surface area contributed by atoms with Crippen LogP contribution in [-0.4, -0.2) is 63.6 Å². The number of nitrogens with zero attached hydrogens (tertiary/aromatic N) is 7. The van der Waals surface area contributed by atoms with Crippen LogP contribution in [-0.2, 0) is 22.2 Å². The van der Waals surface area contributed by atoms with Crippen molar-refractivity contribution in [2.75, 3.05) is 31.1 Å². The number of sulfonamides is 1. The van der Waals surface area contributed by atoms with Crippen LogP contribution in [0.25, 0.3) is 5.78 Å². The van der Waals surface area contributed by atoms with Crippen LogP contribution in [0.1, 0.15) is 18.3 Å². The minimum absolute atomic E-state index is 0.147. The molecular weight excluding hydrogens is 358 g/mol. The van der Waals surface area contributed by atoms with E-state index in [0.717, 1.165) is 17.9 Å². The number of anilines is 1. The zero-order valence-corrected chi connectivity index (χ0v) is 15.1. The van der Waals surface area contributed by atoms with Crippen LogP contribution in [0.2, 0.25) is 0 Å². The van der Waals surface area contributed by atoms with Gasteiger partial charge in [0.05, 0.1) is 5.69 Å². The summed E-state index contributed by atoms with van der Waals surface area (Å²) in [5.74, 6) is 1.30. The maximum Gasteiger partial charge on any atom is 0.254 e. The molecule has 0 bridgehead atoms. The smallest absolute Gasteiger partial charge is 0.254 e. The maximum atomic E-state index is 12.6. The molecule has 0 spiro atoms. The lowest BCUT2D eigenvalue weighted by Crippen LogP contribution is -2.49. The normalized spacial score (nSPS) is 16.4. The molecular formula is C15H19N7O3S. The summed E-state index contributed by atoms with van der Waals surface area (Å²) in [6.45, 7) is 3.98. The van der Waals surface area contributed by atoms with E-state index >= 15 is 0 Å². The molecule has 26 heavy (non-hydrogen) atoms. The SMILES string of the molecule is CCc1cc(N2CCN(S(=O)(=O)Cc3ccon3)CC2)n2ncnc2n1. The van der Waals surface area contributed by atoms with Crippen LogP contribution in [0.15, 0.2) is 29.2 Å². The molecule has 0 aromatic carbocycles. The monoisotopic (exact) mass is 377 g/mol. The standard InChI is InChI=1S/C15H19N7O3S/c1-2-12-9-14(22-15(18-12)16-11-17-22)20-4-6-21(7-5-20)26(23,24)10-13-3-8-25-19-13/h3,8-9,11H,2,4-7,10H2,1H3. The van der Waals surface area contributed by atoms with Crippen molar-refractivity contribution in [3.63, 3.8) is 0 Å². The number of aryl methyl sites for hydroxylation is 1. The van der Waals surface area contributed by atoms with Crippen molar-refractivity contribution >= 4 is 21.6 Å². The van der Waals surface area contributed by atoms with Crippen LogP contribution >= 0.6 is 0 Å². The molecule has 0 amide bonds. The summed E-state index contributed by atoms with van der Waals surface area (Å²) in [5, 5.41) is 7.93. The lowest BCUT2D eigenvalue weighted by atomic mass is 10.3. The number of aromatic nitrogens is 5. The van der Waals surface area contributed by atoms with E-state index < -0.39 is 10.0 Å². The topological polar surface area (TPSA) is 110 Å². The van der Waals surface area contributed by atoms with Gasteiger partial charge in [-0.3, -0.25) is 0 Å². The van der Waals surface area contributed by atoms with Crippen molar-refractivity contribution < 1.29 is 12.9 Å². The molecule has 10 nitrogen and oxygen atoms in total. The van der Waals surface area contributed by atoms with E-state index in [2.05, 4.69) is 25.1 Å². The maximum absolute atomic E-state index is 12.6. The molecule has 1 aliphatic rings. The molecule has 3 aromatic rings. The molecule has 0 radical (unpaired) electrons. The Morgan fingerprint density at radius 2 is 2.00 bits per heavy atom. The molecule has 0 saturated carbocycles. The van der Waals surface area contributed by atoms with Crippen LogP contribution in [0.5, 0.6) is 0 Å². The van der Waals surface area contributed by atoms with E-state index in [-0.39, 0.29) is 5.75 Å². The minimum Gasteiger partial charge on any atom is -0.364 e. The highest BCUT2D eigenvalue weighted by Crippen LogP contribution is 2.20. The van der Waals surface area contributed by atoms with Gasteiger partial charge >= 0.3 is 0 Å². The quantitative estimate of drug-likeness (QED) is 0.625. The molecule has 4 heterocycles. The molecule has 0 atom stereocenters. The average Bonchev–Trinajstić information content (AvgIpc) is 3.32. The molecule has 0 aliphatic carbocycles. The van der Waals surface area contributed by atoms with Crippen LogP contribution in [0, 0.1) is 0 Å². The van der Waals surface area contributed by atoms with Crippen molar-refractivity contribution in [3.05, 3.63) is 36.1 Å². The largest absolute Gasteiger partial charge is 0.364 e. The number of rotatable bonds is 5. The van der Waals surface area contributed by atoms with Crippen molar-refractivity contribution in [3.8, 4) is 0 Å². The molecule has 0 N–H and O–H groups in total. The third-order valence-corrected chi connectivity index (χ3v) is 6.24. The molecule has 1 saturated heterocycles. The highest BCUT2D eigenvalue weighted by molar-refractivity contribution is 7.88. The summed E-state index contributed by atoms with van der Waals surface area (Å²) >= 11 is 0. The summed E-state index contributed by atoms with van der Waals surface area (Å²) in [6.07, 6.45) is 3.65.